The predicted molar refractivity (Wildman–Crippen MR) is 102 cm³/mol. The molecule has 0 saturated carbocycles. The van der Waals surface area contributed by atoms with Crippen LogP contribution in [0, 0.1) is 10.1 Å². The quantitative estimate of drug-likeness (QED) is 0.467. The van der Waals surface area contributed by atoms with E-state index >= 15 is 0 Å². The largest absolute Gasteiger partial charge is 0.493 e. The highest BCUT2D eigenvalue weighted by Gasteiger charge is 2.13. The molecule has 0 unspecified atom stereocenters. The number of hydrogen-bond donors (Lipinski definition) is 0. The fraction of sp³-hybridized carbons (Fsp3) is 0.105. The number of hydrogen-bond acceptors (Lipinski definition) is 5. The zero-order valence-electron chi connectivity index (χ0n) is 14.1. The van der Waals surface area contributed by atoms with Gasteiger partial charge in [0.05, 0.1) is 29.9 Å². The molecule has 0 aliphatic carbocycles. The molecule has 132 valence electrons. The first kappa shape index (κ1) is 17.7. The molecule has 1 aromatic heterocycles. The molecule has 1 heterocycles. The van der Waals surface area contributed by atoms with Gasteiger partial charge in [-0.3, -0.25) is 10.1 Å². The van der Waals surface area contributed by atoms with E-state index in [1.165, 1.54) is 20.3 Å². The number of aromatic nitrogens is 1. The van der Waals surface area contributed by atoms with Crippen molar-refractivity contribution >= 4 is 40.3 Å². The summed E-state index contributed by atoms with van der Waals surface area (Å²) >= 11 is 6.20. The van der Waals surface area contributed by atoms with E-state index in [2.05, 4.69) is 4.98 Å². The van der Waals surface area contributed by atoms with Crippen LogP contribution in [0.4, 0.5) is 5.69 Å². The molecule has 0 spiro atoms. The van der Waals surface area contributed by atoms with Crippen LogP contribution in [0.15, 0.2) is 42.5 Å². The lowest BCUT2D eigenvalue weighted by atomic mass is 10.1. The Kier molecular flexibility index (Phi) is 5.04. The summed E-state index contributed by atoms with van der Waals surface area (Å²) < 4.78 is 10.5. The number of non-ortho nitro benzene ring substituents is 1. The molecule has 3 aromatic rings. The molecule has 0 aliphatic heterocycles. The van der Waals surface area contributed by atoms with Crippen LogP contribution in [0.25, 0.3) is 23.1 Å². The van der Waals surface area contributed by atoms with E-state index in [0.29, 0.717) is 33.1 Å². The van der Waals surface area contributed by atoms with Gasteiger partial charge in [0.25, 0.3) is 5.69 Å². The number of halogens is 1. The van der Waals surface area contributed by atoms with E-state index in [9.17, 15) is 10.1 Å². The van der Waals surface area contributed by atoms with E-state index < -0.39 is 4.92 Å². The van der Waals surface area contributed by atoms with Gasteiger partial charge in [0.2, 0.25) is 0 Å². The first-order valence-electron chi connectivity index (χ1n) is 7.67. The molecule has 0 fully saturated rings. The maximum atomic E-state index is 11.2. The first-order chi connectivity index (χ1) is 12.5. The van der Waals surface area contributed by atoms with Crippen LogP contribution in [0.5, 0.6) is 11.5 Å². The van der Waals surface area contributed by atoms with E-state index in [-0.39, 0.29) is 5.69 Å². The molecule has 0 atom stereocenters. The number of nitrogens with zero attached hydrogens (tertiary/aromatic N) is 2. The number of ether oxygens (including phenoxy) is 2. The van der Waals surface area contributed by atoms with Crippen LogP contribution in [0.2, 0.25) is 5.02 Å². The second-order valence-corrected chi connectivity index (χ2v) is 5.82. The normalized spacial score (nSPS) is 11.0. The van der Waals surface area contributed by atoms with Gasteiger partial charge in [-0.1, -0.05) is 35.9 Å². The van der Waals surface area contributed by atoms with Crippen LogP contribution in [-0.4, -0.2) is 24.1 Å². The zero-order valence-corrected chi connectivity index (χ0v) is 14.9. The summed E-state index contributed by atoms with van der Waals surface area (Å²) in [6, 6.07) is 12.0. The maximum absolute atomic E-state index is 11.2. The molecule has 0 amide bonds. The van der Waals surface area contributed by atoms with Crippen molar-refractivity contribution in [2.24, 2.45) is 0 Å². The first-order valence-corrected chi connectivity index (χ1v) is 8.05. The number of pyridine rings is 1. The molecule has 6 nitrogen and oxygen atoms in total. The molecule has 3 rings (SSSR count). The van der Waals surface area contributed by atoms with Crippen molar-refractivity contribution in [2.75, 3.05) is 14.2 Å². The SMILES string of the molecule is COc1cc(C=Cc2ccc3cccc([N+](=O)[O-])c3n2)cc(Cl)c1OC. The Hall–Kier alpha value is -3.12. The minimum absolute atomic E-state index is 0.0214. The number of methoxy groups -OCH3 is 2. The van der Waals surface area contributed by atoms with Crippen molar-refractivity contribution in [3.8, 4) is 11.5 Å². The Morgan fingerprint density at radius 1 is 1.12 bits per heavy atom. The summed E-state index contributed by atoms with van der Waals surface area (Å²) in [5, 5.41) is 12.3. The summed E-state index contributed by atoms with van der Waals surface area (Å²) in [7, 11) is 3.05. The molecular formula is C19H15ClN2O4. The number of para-hydroxylation sites is 1. The monoisotopic (exact) mass is 370 g/mol. The van der Waals surface area contributed by atoms with E-state index in [1.807, 2.05) is 0 Å². The molecule has 0 bridgehead atoms. The molecular weight excluding hydrogens is 356 g/mol. The highest BCUT2D eigenvalue weighted by molar-refractivity contribution is 6.32. The zero-order chi connectivity index (χ0) is 18.7. The fourth-order valence-corrected chi connectivity index (χ4v) is 2.90. The molecule has 0 radical (unpaired) electrons. The summed E-state index contributed by atoms with van der Waals surface area (Å²) in [6.07, 6.45) is 3.56. The van der Waals surface area contributed by atoms with Gasteiger partial charge in [-0.15, -0.1) is 0 Å². The summed E-state index contributed by atoms with van der Waals surface area (Å²) in [4.78, 5) is 15.1. The van der Waals surface area contributed by atoms with E-state index in [0.717, 1.165) is 5.56 Å². The number of nitro benzene ring substituents is 1. The summed E-state index contributed by atoms with van der Waals surface area (Å²) in [5.74, 6) is 0.979. The standard InChI is InChI=1S/C19H15ClN2O4/c1-25-17-11-12(10-15(20)19(17)26-2)6-8-14-9-7-13-4-3-5-16(22(23)24)18(13)21-14/h3-11H,1-2H3. The predicted octanol–water partition coefficient (Wildman–Crippen LogP) is 4.98. The lowest BCUT2D eigenvalue weighted by Gasteiger charge is -2.10. The van der Waals surface area contributed by atoms with Gasteiger partial charge in [0.1, 0.15) is 5.52 Å². The summed E-state index contributed by atoms with van der Waals surface area (Å²) in [5.41, 5.74) is 1.71. The molecule has 0 aliphatic rings. The van der Waals surface area contributed by atoms with Crippen molar-refractivity contribution in [1.82, 2.24) is 4.98 Å². The lowest BCUT2D eigenvalue weighted by Crippen LogP contribution is -1.93. The van der Waals surface area contributed by atoms with Crippen LogP contribution in [0.3, 0.4) is 0 Å². The number of fused-ring (bicyclic) bond motifs is 1. The van der Waals surface area contributed by atoms with Crippen molar-refractivity contribution in [3.05, 3.63) is 68.9 Å². The average molecular weight is 371 g/mol. The van der Waals surface area contributed by atoms with Crippen molar-refractivity contribution < 1.29 is 14.4 Å². The van der Waals surface area contributed by atoms with Gasteiger partial charge in [-0.25, -0.2) is 4.98 Å². The van der Waals surface area contributed by atoms with Crippen LogP contribution >= 0.6 is 11.6 Å². The Morgan fingerprint density at radius 2 is 1.92 bits per heavy atom. The van der Waals surface area contributed by atoms with Gasteiger partial charge < -0.3 is 9.47 Å². The molecule has 0 saturated heterocycles. The van der Waals surface area contributed by atoms with Crippen molar-refractivity contribution in [2.45, 2.75) is 0 Å². The minimum Gasteiger partial charge on any atom is -0.493 e. The van der Waals surface area contributed by atoms with Crippen LogP contribution in [-0.2, 0) is 0 Å². The van der Waals surface area contributed by atoms with Gasteiger partial charge in [-0.2, -0.15) is 0 Å². The molecule has 26 heavy (non-hydrogen) atoms. The minimum atomic E-state index is -0.434. The number of nitro groups is 1. The Bertz CT molecular complexity index is 1020. The van der Waals surface area contributed by atoms with Gasteiger partial charge >= 0.3 is 0 Å². The third-order valence-corrected chi connectivity index (χ3v) is 4.10. The highest BCUT2D eigenvalue weighted by Crippen LogP contribution is 2.36. The second-order valence-electron chi connectivity index (χ2n) is 5.41. The third-order valence-electron chi connectivity index (χ3n) is 3.82. The summed E-state index contributed by atoms with van der Waals surface area (Å²) in [6.45, 7) is 0. The lowest BCUT2D eigenvalue weighted by molar-refractivity contribution is -0.383. The Balaban J connectivity index is 2.00. The van der Waals surface area contributed by atoms with Crippen molar-refractivity contribution in [1.29, 1.82) is 0 Å². The maximum Gasteiger partial charge on any atom is 0.295 e. The molecule has 2 aromatic carbocycles. The van der Waals surface area contributed by atoms with Crippen LogP contribution < -0.4 is 9.47 Å². The topological polar surface area (TPSA) is 74.5 Å². The van der Waals surface area contributed by atoms with Crippen molar-refractivity contribution in [3.63, 3.8) is 0 Å². The fourth-order valence-electron chi connectivity index (χ4n) is 2.60. The van der Waals surface area contributed by atoms with E-state index in [1.54, 1.807) is 48.6 Å². The van der Waals surface area contributed by atoms with Gasteiger partial charge in [0.15, 0.2) is 11.5 Å². The van der Waals surface area contributed by atoms with E-state index in [4.69, 9.17) is 21.1 Å². The van der Waals surface area contributed by atoms with Gasteiger partial charge in [-0.05, 0) is 29.8 Å². The molecule has 0 N–H and O–H groups in total. The smallest absolute Gasteiger partial charge is 0.295 e. The highest BCUT2D eigenvalue weighted by atomic mass is 35.5. The third kappa shape index (κ3) is 3.45. The Labute approximate surface area is 154 Å². The second kappa shape index (κ2) is 7.41. The molecule has 7 heteroatoms. The van der Waals surface area contributed by atoms with Gasteiger partial charge in [0, 0.05) is 11.5 Å². The number of rotatable bonds is 5. The average Bonchev–Trinajstić information content (AvgIpc) is 2.65. The number of benzene rings is 2. The Morgan fingerprint density at radius 3 is 2.62 bits per heavy atom. The van der Waals surface area contributed by atoms with Crippen LogP contribution in [0.1, 0.15) is 11.3 Å².